The zero-order valence-corrected chi connectivity index (χ0v) is 11.2. The maximum Gasteiger partial charge on any atom is 0.124 e. The van der Waals surface area contributed by atoms with Crippen molar-refractivity contribution >= 4 is 5.69 Å². The van der Waals surface area contributed by atoms with Crippen molar-refractivity contribution in [1.82, 2.24) is 0 Å². The topological polar surface area (TPSA) is 45.0 Å². The summed E-state index contributed by atoms with van der Waals surface area (Å²) in [4.78, 5) is 0. The van der Waals surface area contributed by atoms with Gasteiger partial charge in [-0.1, -0.05) is 12.1 Å². The number of ether oxygens (including phenoxy) is 1. The van der Waals surface area contributed by atoms with Crippen molar-refractivity contribution in [2.75, 3.05) is 19.0 Å². The second kappa shape index (κ2) is 6.58. The van der Waals surface area contributed by atoms with Gasteiger partial charge in [0, 0.05) is 6.54 Å². The Morgan fingerprint density at radius 3 is 2.85 bits per heavy atom. The highest BCUT2D eigenvalue weighted by molar-refractivity contribution is 5.57. The molecule has 0 aliphatic carbocycles. The third-order valence-electron chi connectivity index (χ3n) is 2.97. The molecule has 2 aromatic rings. The molecular formula is C16H15FN2O. The molecule has 0 bridgehead atoms. The molecule has 0 aliphatic heterocycles. The second-order valence-electron chi connectivity index (χ2n) is 4.33. The first-order valence-corrected chi connectivity index (χ1v) is 6.29. The van der Waals surface area contributed by atoms with Crippen LogP contribution in [-0.2, 0) is 6.42 Å². The third kappa shape index (κ3) is 3.48. The van der Waals surface area contributed by atoms with Crippen molar-refractivity contribution < 1.29 is 9.13 Å². The lowest BCUT2D eigenvalue weighted by atomic mass is 10.1. The van der Waals surface area contributed by atoms with E-state index in [1.807, 2.05) is 30.3 Å². The van der Waals surface area contributed by atoms with Crippen LogP contribution >= 0.6 is 0 Å². The predicted molar refractivity (Wildman–Crippen MR) is 76.3 cm³/mol. The molecule has 0 atom stereocenters. The maximum absolute atomic E-state index is 13.0. The molecule has 2 rings (SSSR count). The molecule has 4 heteroatoms. The van der Waals surface area contributed by atoms with Gasteiger partial charge in [0.05, 0.1) is 18.4 Å². The number of nitrogens with one attached hydrogen (secondary N) is 1. The van der Waals surface area contributed by atoms with Crippen LogP contribution in [0.2, 0.25) is 0 Å². The normalized spacial score (nSPS) is 9.85. The molecule has 2 aromatic carbocycles. The summed E-state index contributed by atoms with van der Waals surface area (Å²) >= 11 is 0. The van der Waals surface area contributed by atoms with Crippen LogP contribution in [0.4, 0.5) is 10.1 Å². The summed E-state index contributed by atoms with van der Waals surface area (Å²) in [5, 5.41) is 12.1. The lowest BCUT2D eigenvalue weighted by Crippen LogP contribution is -2.06. The lowest BCUT2D eigenvalue weighted by molar-refractivity contribution is 0.414. The van der Waals surface area contributed by atoms with Crippen LogP contribution in [0, 0.1) is 17.1 Å². The molecule has 0 heterocycles. The summed E-state index contributed by atoms with van der Waals surface area (Å²) in [6, 6.07) is 14.0. The summed E-state index contributed by atoms with van der Waals surface area (Å²) in [5.41, 5.74) is 2.10. The Morgan fingerprint density at radius 1 is 1.25 bits per heavy atom. The van der Waals surface area contributed by atoms with Gasteiger partial charge in [0.1, 0.15) is 17.6 Å². The predicted octanol–water partition coefficient (Wildman–Crippen LogP) is 3.36. The Labute approximate surface area is 117 Å². The van der Waals surface area contributed by atoms with Crippen molar-refractivity contribution in [2.24, 2.45) is 0 Å². The van der Waals surface area contributed by atoms with Crippen LogP contribution < -0.4 is 10.1 Å². The SMILES string of the molecule is COc1cccc(CCNc2ccc(F)cc2C#N)c1. The number of hydrogen-bond acceptors (Lipinski definition) is 3. The molecule has 0 amide bonds. The average Bonchev–Trinajstić information content (AvgIpc) is 2.49. The van der Waals surface area contributed by atoms with Gasteiger partial charge in [-0.25, -0.2) is 4.39 Å². The van der Waals surface area contributed by atoms with Crippen molar-refractivity contribution in [3.8, 4) is 11.8 Å². The van der Waals surface area contributed by atoms with Gasteiger partial charge >= 0.3 is 0 Å². The number of benzene rings is 2. The molecular weight excluding hydrogens is 255 g/mol. The van der Waals surface area contributed by atoms with E-state index in [-0.39, 0.29) is 0 Å². The maximum atomic E-state index is 13.0. The highest BCUT2D eigenvalue weighted by Gasteiger charge is 2.03. The van der Waals surface area contributed by atoms with Crippen molar-refractivity contribution in [3.05, 3.63) is 59.4 Å². The summed E-state index contributed by atoms with van der Waals surface area (Å²) < 4.78 is 18.2. The Kier molecular flexibility index (Phi) is 4.56. The molecule has 0 fully saturated rings. The fourth-order valence-electron chi connectivity index (χ4n) is 1.93. The lowest BCUT2D eigenvalue weighted by Gasteiger charge is -2.09. The van der Waals surface area contributed by atoms with Gasteiger partial charge in [-0.15, -0.1) is 0 Å². The number of halogens is 1. The van der Waals surface area contributed by atoms with Crippen LogP contribution in [-0.4, -0.2) is 13.7 Å². The van der Waals surface area contributed by atoms with Gasteiger partial charge in [0.2, 0.25) is 0 Å². The van der Waals surface area contributed by atoms with Crippen molar-refractivity contribution in [3.63, 3.8) is 0 Å². The van der Waals surface area contributed by atoms with Gasteiger partial charge in [-0.3, -0.25) is 0 Å². The Morgan fingerprint density at radius 2 is 2.10 bits per heavy atom. The smallest absolute Gasteiger partial charge is 0.124 e. The van der Waals surface area contributed by atoms with E-state index in [1.54, 1.807) is 13.2 Å². The Balaban J connectivity index is 1.98. The van der Waals surface area contributed by atoms with Crippen molar-refractivity contribution in [2.45, 2.75) is 6.42 Å². The fraction of sp³-hybridized carbons (Fsp3) is 0.188. The first-order valence-electron chi connectivity index (χ1n) is 6.29. The van der Waals surface area contributed by atoms with Crippen LogP contribution in [0.25, 0.3) is 0 Å². The van der Waals surface area contributed by atoms with Gasteiger partial charge < -0.3 is 10.1 Å². The first-order chi connectivity index (χ1) is 9.72. The first kappa shape index (κ1) is 13.9. The molecule has 1 N–H and O–H groups in total. The molecule has 0 spiro atoms. The van der Waals surface area contributed by atoms with Gasteiger partial charge in [0.25, 0.3) is 0 Å². The molecule has 0 aromatic heterocycles. The van der Waals surface area contributed by atoms with Crippen molar-refractivity contribution in [1.29, 1.82) is 5.26 Å². The highest BCUT2D eigenvalue weighted by Crippen LogP contribution is 2.17. The standard InChI is InChI=1S/C16H15FN2O/c1-20-15-4-2-3-12(9-15)7-8-19-16-6-5-14(17)10-13(16)11-18/h2-6,9-10,19H,7-8H2,1H3. The van der Waals surface area contributed by atoms with Gasteiger partial charge in [-0.2, -0.15) is 5.26 Å². The monoisotopic (exact) mass is 270 g/mol. The minimum atomic E-state index is -0.403. The summed E-state index contributed by atoms with van der Waals surface area (Å²) in [6.07, 6.45) is 0.791. The average molecular weight is 270 g/mol. The number of nitrogens with zero attached hydrogens (tertiary/aromatic N) is 1. The van der Waals surface area contributed by atoms with Crippen LogP contribution in [0.15, 0.2) is 42.5 Å². The van der Waals surface area contributed by atoms with Crippen LogP contribution in [0.5, 0.6) is 5.75 Å². The molecule has 102 valence electrons. The molecule has 0 saturated carbocycles. The fourth-order valence-corrected chi connectivity index (χ4v) is 1.93. The molecule has 0 unspecified atom stereocenters. The summed E-state index contributed by atoms with van der Waals surface area (Å²) in [7, 11) is 1.63. The minimum Gasteiger partial charge on any atom is -0.497 e. The minimum absolute atomic E-state index is 0.315. The van der Waals surface area contributed by atoms with E-state index >= 15 is 0 Å². The zero-order chi connectivity index (χ0) is 14.4. The number of nitriles is 1. The van der Waals surface area contributed by atoms with Gasteiger partial charge in [0.15, 0.2) is 0 Å². The summed E-state index contributed by atoms with van der Waals surface area (Å²) in [6.45, 7) is 0.660. The van der Waals surface area contributed by atoms with E-state index in [2.05, 4.69) is 5.32 Å². The quantitative estimate of drug-likeness (QED) is 0.906. The number of hydrogen-bond donors (Lipinski definition) is 1. The molecule has 0 aliphatic rings. The molecule has 20 heavy (non-hydrogen) atoms. The summed E-state index contributed by atoms with van der Waals surface area (Å²) in [5.74, 6) is 0.418. The van der Waals surface area contributed by atoms with E-state index in [9.17, 15) is 4.39 Å². The van der Waals surface area contributed by atoms with E-state index in [0.29, 0.717) is 17.8 Å². The van der Waals surface area contributed by atoms with E-state index in [0.717, 1.165) is 17.7 Å². The second-order valence-corrected chi connectivity index (χ2v) is 4.33. The van der Waals surface area contributed by atoms with Gasteiger partial charge in [-0.05, 0) is 42.3 Å². The number of anilines is 1. The number of methoxy groups -OCH3 is 1. The Hall–Kier alpha value is -2.54. The third-order valence-corrected chi connectivity index (χ3v) is 2.97. The van der Waals surface area contributed by atoms with E-state index in [4.69, 9.17) is 10.00 Å². The highest BCUT2D eigenvalue weighted by atomic mass is 19.1. The largest absolute Gasteiger partial charge is 0.497 e. The molecule has 0 radical (unpaired) electrons. The van der Waals surface area contributed by atoms with E-state index < -0.39 is 5.82 Å². The number of rotatable bonds is 5. The molecule has 3 nitrogen and oxygen atoms in total. The van der Waals surface area contributed by atoms with Crippen LogP contribution in [0.3, 0.4) is 0 Å². The van der Waals surface area contributed by atoms with E-state index in [1.165, 1.54) is 12.1 Å². The zero-order valence-electron chi connectivity index (χ0n) is 11.2. The van der Waals surface area contributed by atoms with Crippen LogP contribution in [0.1, 0.15) is 11.1 Å². The Bertz CT molecular complexity index is 635. The molecule has 0 saturated heterocycles.